The first-order valence-corrected chi connectivity index (χ1v) is 5.13. The van der Waals surface area contributed by atoms with Gasteiger partial charge in [-0.15, -0.1) is 0 Å². The summed E-state index contributed by atoms with van der Waals surface area (Å²) in [5, 5.41) is 0. The van der Waals surface area contributed by atoms with E-state index >= 15 is 0 Å². The average molecular weight is 224 g/mol. The van der Waals surface area contributed by atoms with Crippen molar-refractivity contribution >= 4 is 11.4 Å². The Labute approximate surface area is 98.2 Å². The number of hydrogen-bond donors (Lipinski definition) is 0. The third-order valence-corrected chi connectivity index (χ3v) is 3.59. The molecule has 0 radical (unpaired) electrons. The van der Waals surface area contributed by atoms with Crippen molar-refractivity contribution in [1.82, 2.24) is 0 Å². The number of aryl methyl sites for hydroxylation is 1. The van der Waals surface area contributed by atoms with Gasteiger partial charge in [0.05, 0.1) is 5.41 Å². The maximum Gasteiger partial charge on any atom is 0.209 e. The van der Waals surface area contributed by atoms with Crippen LogP contribution in [0.1, 0.15) is 31.9 Å². The highest BCUT2D eigenvalue weighted by atomic mass is 35.5. The van der Waals surface area contributed by atoms with Crippen LogP contribution in [0.25, 0.3) is 0 Å². The van der Waals surface area contributed by atoms with E-state index in [9.17, 15) is 0 Å². The van der Waals surface area contributed by atoms with E-state index in [-0.39, 0.29) is 17.8 Å². The molecule has 1 aliphatic rings. The Hall–Kier alpha value is -0.820. The first kappa shape index (κ1) is 12.3. The fraction of sp³-hybridized carbons (Fsp3) is 0.462. The Morgan fingerprint density at radius 1 is 1.13 bits per heavy atom. The van der Waals surface area contributed by atoms with Crippen molar-refractivity contribution < 1.29 is 17.0 Å². The van der Waals surface area contributed by atoms with Crippen molar-refractivity contribution in [2.75, 3.05) is 7.05 Å². The van der Waals surface area contributed by atoms with Gasteiger partial charge in [-0.1, -0.05) is 11.6 Å². The Morgan fingerprint density at radius 3 is 2.33 bits per heavy atom. The highest BCUT2D eigenvalue weighted by Gasteiger charge is 2.41. The molecule has 0 aromatic heterocycles. The lowest BCUT2D eigenvalue weighted by Gasteiger charge is -2.15. The van der Waals surface area contributed by atoms with E-state index in [4.69, 9.17) is 0 Å². The fourth-order valence-electron chi connectivity index (χ4n) is 2.24. The van der Waals surface area contributed by atoms with Crippen molar-refractivity contribution in [1.29, 1.82) is 0 Å². The van der Waals surface area contributed by atoms with Crippen LogP contribution in [0.4, 0.5) is 5.69 Å². The van der Waals surface area contributed by atoms with Gasteiger partial charge < -0.3 is 12.4 Å². The molecule has 2 heteroatoms. The zero-order chi connectivity index (χ0) is 10.5. The zero-order valence-electron chi connectivity index (χ0n) is 10.1. The molecule has 2 rings (SSSR count). The maximum absolute atomic E-state index is 2.31. The molecule has 0 N–H and O–H groups in total. The minimum atomic E-state index is 0. The molecule has 0 saturated carbocycles. The van der Waals surface area contributed by atoms with Crippen LogP contribution in [0.5, 0.6) is 0 Å². The fourth-order valence-corrected chi connectivity index (χ4v) is 2.24. The standard InChI is InChI=1S/C13H18N.ClH/c1-9-6-7-12-11(8-9)13(3,4)10(2)14(12)5;/h6-8H,1-5H3;1H/q+1;/p-1. The van der Waals surface area contributed by atoms with Gasteiger partial charge in [0.15, 0.2) is 5.71 Å². The summed E-state index contributed by atoms with van der Waals surface area (Å²) in [6.45, 7) is 8.97. The first-order chi connectivity index (χ1) is 6.44. The number of benzene rings is 1. The number of rotatable bonds is 0. The molecular formula is C13H18ClN. The second kappa shape index (κ2) is 3.64. The molecule has 0 spiro atoms. The minimum Gasteiger partial charge on any atom is -1.00 e. The monoisotopic (exact) mass is 223 g/mol. The molecule has 82 valence electrons. The van der Waals surface area contributed by atoms with Gasteiger partial charge in [0.2, 0.25) is 5.69 Å². The van der Waals surface area contributed by atoms with E-state index < -0.39 is 0 Å². The number of hydrogen-bond acceptors (Lipinski definition) is 0. The highest BCUT2D eigenvalue weighted by Crippen LogP contribution is 2.38. The van der Waals surface area contributed by atoms with E-state index in [1.165, 1.54) is 22.5 Å². The molecule has 1 aromatic carbocycles. The Bertz CT molecular complexity index is 430. The van der Waals surface area contributed by atoms with Crippen LogP contribution in [0, 0.1) is 6.92 Å². The predicted octanol–water partition coefficient (Wildman–Crippen LogP) is 0.0249. The Morgan fingerprint density at radius 2 is 1.73 bits per heavy atom. The van der Waals surface area contributed by atoms with Crippen LogP contribution in [0.3, 0.4) is 0 Å². The molecular weight excluding hydrogens is 206 g/mol. The van der Waals surface area contributed by atoms with E-state index in [1.807, 2.05) is 0 Å². The summed E-state index contributed by atoms with van der Waals surface area (Å²) < 4.78 is 2.30. The molecule has 1 aliphatic heterocycles. The number of halogens is 1. The molecule has 1 aromatic rings. The zero-order valence-corrected chi connectivity index (χ0v) is 10.8. The Kier molecular flexibility index (Phi) is 2.97. The molecule has 15 heavy (non-hydrogen) atoms. The van der Waals surface area contributed by atoms with E-state index in [0.29, 0.717) is 0 Å². The van der Waals surface area contributed by atoms with Gasteiger partial charge in [0.25, 0.3) is 0 Å². The second-order valence-corrected chi connectivity index (χ2v) is 4.79. The van der Waals surface area contributed by atoms with Crippen molar-refractivity contribution in [3.63, 3.8) is 0 Å². The summed E-state index contributed by atoms with van der Waals surface area (Å²) in [5.41, 5.74) is 5.78. The summed E-state index contributed by atoms with van der Waals surface area (Å²) >= 11 is 0. The molecule has 1 nitrogen and oxygen atoms in total. The summed E-state index contributed by atoms with van der Waals surface area (Å²) in [7, 11) is 2.15. The number of fused-ring (bicyclic) bond motifs is 1. The second-order valence-electron chi connectivity index (χ2n) is 4.79. The van der Waals surface area contributed by atoms with Gasteiger partial charge >= 0.3 is 0 Å². The molecule has 0 aliphatic carbocycles. The van der Waals surface area contributed by atoms with Crippen LogP contribution in [0.15, 0.2) is 18.2 Å². The van der Waals surface area contributed by atoms with Crippen LogP contribution < -0.4 is 12.4 Å². The van der Waals surface area contributed by atoms with Crippen LogP contribution in [-0.2, 0) is 5.41 Å². The molecule has 0 unspecified atom stereocenters. The lowest BCUT2D eigenvalue weighted by atomic mass is 9.82. The predicted molar refractivity (Wildman–Crippen MR) is 60.7 cm³/mol. The lowest BCUT2D eigenvalue weighted by Crippen LogP contribution is -3.00. The lowest BCUT2D eigenvalue weighted by molar-refractivity contribution is -0.403. The van der Waals surface area contributed by atoms with Crippen molar-refractivity contribution in [2.24, 2.45) is 0 Å². The molecule has 0 bridgehead atoms. The molecule has 0 amide bonds. The quantitative estimate of drug-likeness (QED) is 0.546. The van der Waals surface area contributed by atoms with Gasteiger partial charge in [-0.3, -0.25) is 0 Å². The third-order valence-electron chi connectivity index (χ3n) is 3.59. The van der Waals surface area contributed by atoms with Crippen molar-refractivity contribution in [3.05, 3.63) is 29.3 Å². The average Bonchev–Trinajstić information content (AvgIpc) is 2.29. The van der Waals surface area contributed by atoms with E-state index in [0.717, 1.165) is 0 Å². The van der Waals surface area contributed by atoms with Gasteiger partial charge in [-0.2, -0.15) is 0 Å². The summed E-state index contributed by atoms with van der Waals surface area (Å²) in [4.78, 5) is 0. The molecule has 0 saturated heterocycles. The normalized spacial score (nSPS) is 17.4. The third kappa shape index (κ3) is 1.59. The van der Waals surface area contributed by atoms with E-state index in [1.54, 1.807) is 0 Å². The van der Waals surface area contributed by atoms with Gasteiger partial charge in [-0.05, 0) is 26.8 Å². The minimum absolute atomic E-state index is 0. The topological polar surface area (TPSA) is 3.01 Å². The van der Waals surface area contributed by atoms with Gasteiger partial charge in [-0.25, -0.2) is 4.58 Å². The summed E-state index contributed by atoms with van der Waals surface area (Å²) in [5.74, 6) is 0. The van der Waals surface area contributed by atoms with Gasteiger partial charge in [0, 0.05) is 18.6 Å². The van der Waals surface area contributed by atoms with Crippen LogP contribution in [-0.4, -0.2) is 17.3 Å². The van der Waals surface area contributed by atoms with Crippen LogP contribution in [0.2, 0.25) is 0 Å². The van der Waals surface area contributed by atoms with Crippen LogP contribution >= 0.6 is 0 Å². The summed E-state index contributed by atoms with van der Waals surface area (Å²) in [6, 6.07) is 6.72. The smallest absolute Gasteiger partial charge is 0.209 e. The first-order valence-electron chi connectivity index (χ1n) is 5.13. The SMILES string of the molecule is CC1=[N+](C)c2ccc(C)cc2C1(C)C.[Cl-]. The van der Waals surface area contributed by atoms with Gasteiger partial charge in [0.1, 0.15) is 7.05 Å². The molecule has 0 atom stereocenters. The highest BCUT2D eigenvalue weighted by molar-refractivity contribution is 5.93. The van der Waals surface area contributed by atoms with E-state index in [2.05, 4.69) is 57.5 Å². The number of nitrogens with zero attached hydrogens (tertiary/aromatic N) is 1. The maximum atomic E-state index is 2.31. The largest absolute Gasteiger partial charge is 1.00 e. The summed E-state index contributed by atoms with van der Waals surface area (Å²) in [6.07, 6.45) is 0. The van der Waals surface area contributed by atoms with Crippen molar-refractivity contribution in [3.8, 4) is 0 Å². The molecule has 1 heterocycles. The van der Waals surface area contributed by atoms with Crippen molar-refractivity contribution in [2.45, 2.75) is 33.1 Å². The molecule has 0 fully saturated rings. The Balaban J connectivity index is 0.00000112.